The van der Waals surface area contributed by atoms with Crippen LogP contribution in [-0.4, -0.2) is 40.7 Å². The zero-order valence-electron chi connectivity index (χ0n) is 17.9. The van der Waals surface area contributed by atoms with Gasteiger partial charge in [0, 0.05) is 17.8 Å². The van der Waals surface area contributed by atoms with E-state index >= 15 is 0 Å². The van der Waals surface area contributed by atoms with E-state index in [4.69, 9.17) is 16.3 Å². The third kappa shape index (κ3) is 4.34. The summed E-state index contributed by atoms with van der Waals surface area (Å²) in [5, 5.41) is 14.8. The summed E-state index contributed by atoms with van der Waals surface area (Å²) in [4.78, 5) is 38.4. The fourth-order valence-corrected chi connectivity index (χ4v) is 3.83. The molecular weight excluding hydrogens is 472 g/mol. The van der Waals surface area contributed by atoms with E-state index in [0.717, 1.165) is 5.56 Å². The number of hydrogen-bond donors (Lipinski definition) is 3. The van der Waals surface area contributed by atoms with Crippen LogP contribution in [0.2, 0.25) is 5.02 Å². The van der Waals surface area contributed by atoms with Crippen molar-refractivity contribution in [1.29, 1.82) is 0 Å². The number of hydrogen-bond acceptors (Lipinski definition) is 5. The quantitative estimate of drug-likeness (QED) is 0.490. The molecule has 0 spiro atoms. The number of carbonyl (C=O) groups is 2. The number of halogens is 3. The molecule has 4 rings (SSSR count). The van der Waals surface area contributed by atoms with Crippen LogP contribution in [0.1, 0.15) is 28.9 Å². The molecule has 2 heterocycles. The van der Waals surface area contributed by atoms with Crippen molar-refractivity contribution in [3.05, 3.63) is 74.5 Å². The number of amides is 2. The summed E-state index contributed by atoms with van der Waals surface area (Å²) in [6.45, 7) is 1.11. The molecule has 1 unspecified atom stereocenters. The van der Waals surface area contributed by atoms with Crippen molar-refractivity contribution in [1.82, 2.24) is 15.2 Å². The first-order valence-corrected chi connectivity index (χ1v) is 10.7. The van der Waals surface area contributed by atoms with Gasteiger partial charge in [-0.2, -0.15) is 4.39 Å². The van der Waals surface area contributed by atoms with Gasteiger partial charge >= 0.3 is 0 Å². The van der Waals surface area contributed by atoms with Gasteiger partial charge in [-0.05, 0) is 30.7 Å². The van der Waals surface area contributed by atoms with Crippen LogP contribution in [0.5, 0.6) is 5.75 Å². The van der Waals surface area contributed by atoms with Crippen molar-refractivity contribution < 1.29 is 28.2 Å². The molecule has 1 aliphatic rings. The highest BCUT2D eigenvalue weighted by Crippen LogP contribution is 2.35. The molecule has 0 fully saturated rings. The molecule has 0 saturated carbocycles. The average Bonchev–Trinajstić information content (AvgIpc) is 2.82. The Morgan fingerprint density at radius 2 is 2.00 bits per heavy atom. The van der Waals surface area contributed by atoms with Crippen molar-refractivity contribution in [3.63, 3.8) is 0 Å². The molecule has 3 N–H and O–H groups in total. The van der Waals surface area contributed by atoms with E-state index in [1.807, 2.05) is 0 Å². The summed E-state index contributed by atoms with van der Waals surface area (Å²) in [6.07, 6.45) is 1.22. The molecule has 2 aromatic carbocycles. The van der Waals surface area contributed by atoms with Gasteiger partial charge in [0.1, 0.15) is 18.2 Å². The zero-order valence-corrected chi connectivity index (χ0v) is 18.7. The molecule has 2 atom stereocenters. The smallest absolute Gasteiger partial charge is 0.257 e. The third-order valence-electron chi connectivity index (χ3n) is 5.54. The van der Waals surface area contributed by atoms with Crippen LogP contribution in [0, 0.1) is 11.6 Å². The number of pyridine rings is 1. The summed E-state index contributed by atoms with van der Waals surface area (Å²) in [7, 11) is 0. The second-order valence-corrected chi connectivity index (χ2v) is 8.33. The molecule has 0 bridgehead atoms. The number of carbonyl (C=O) groups excluding carboxylic acids is 2. The zero-order chi connectivity index (χ0) is 24.6. The normalized spacial score (nSPS) is 15.5. The number of nitrogens with zero attached hydrogens (tertiary/aromatic N) is 1. The minimum Gasteiger partial charge on any atom is -0.486 e. The first-order valence-electron chi connectivity index (χ1n) is 10.3. The van der Waals surface area contributed by atoms with Crippen LogP contribution >= 0.6 is 11.6 Å². The Bertz CT molecular complexity index is 1340. The van der Waals surface area contributed by atoms with Gasteiger partial charge in [-0.15, -0.1) is 0 Å². The Morgan fingerprint density at radius 3 is 2.68 bits per heavy atom. The van der Waals surface area contributed by atoms with Gasteiger partial charge in [-0.3, -0.25) is 14.4 Å². The summed E-state index contributed by atoms with van der Waals surface area (Å²) in [6, 6.07) is 5.70. The Morgan fingerprint density at radius 1 is 1.29 bits per heavy atom. The molecule has 0 radical (unpaired) electrons. The van der Waals surface area contributed by atoms with Gasteiger partial charge in [0.15, 0.2) is 11.6 Å². The van der Waals surface area contributed by atoms with Gasteiger partial charge in [0.25, 0.3) is 5.91 Å². The SMILES string of the molecule is CC1COc2c(F)c(F)cc3c(=O)c(C(=O)N[C@@H](CO)C(=O)NCc4ccc(Cl)cc4)cn1c23. The molecule has 11 heteroatoms. The van der Waals surface area contributed by atoms with Crippen LogP contribution in [-0.2, 0) is 11.3 Å². The summed E-state index contributed by atoms with van der Waals surface area (Å²) in [5.74, 6) is -4.52. The van der Waals surface area contributed by atoms with Crippen molar-refractivity contribution in [2.24, 2.45) is 0 Å². The minimum absolute atomic E-state index is 0.00122. The van der Waals surface area contributed by atoms with E-state index in [1.165, 1.54) is 10.8 Å². The fourth-order valence-electron chi connectivity index (χ4n) is 3.70. The van der Waals surface area contributed by atoms with E-state index in [0.29, 0.717) is 11.1 Å². The monoisotopic (exact) mass is 491 g/mol. The van der Waals surface area contributed by atoms with E-state index in [1.54, 1.807) is 31.2 Å². The van der Waals surface area contributed by atoms with Gasteiger partial charge in [0.05, 0.1) is 23.6 Å². The summed E-state index contributed by atoms with van der Waals surface area (Å²) in [5.41, 5.74) is -0.463. The highest BCUT2D eigenvalue weighted by atomic mass is 35.5. The molecule has 1 aliphatic heterocycles. The Kier molecular flexibility index (Phi) is 6.54. The molecule has 34 heavy (non-hydrogen) atoms. The fraction of sp³-hybridized carbons (Fsp3) is 0.261. The molecule has 0 saturated heterocycles. The van der Waals surface area contributed by atoms with E-state index < -0.39 is 47.3 Å². The van der Waals surface area contributed by atoms with Gasteiger partial charge in [-0.25, -0.2) is 4.39 Å². The maximum absolute atomic E-state index is 14.2. The lowest BCUT2D eigenvalue weighted by Gasteiger charge is -2.27. The maximum atomic E-state index is 14.2. The molecule has 2 amide bonds. The van der Waals surface area contributed by atoms with E-state index in [9.17, 15) is 28.3 Å². The van der Waals surface area contributed by atoms with E-state index in [-0.39, 0.29) is 35.7 Å². The Labute approximate surface area is 197 Å². The third-order valence-corrected chi connectivity index (χ3v) is 5.79. The van der Waals surface area contributed by atoms with Crippen molar-refractivity contribution in [3.8, 4) is 5.75 Å². The molecule has 178 valence electrons. The number of aromatic nitrogens is 1. The topological polar surface area (TPSA) is 110 Å². The second kappa shape index (κ2) is 9.40. The first kappa shape index (κ1) is 23.7. The van der Waals surface area contributed by atoms with Crippen LogP contribution < -0.4 is 20.8 Å². The van der Waals surface area contributed by atoms with Crippen LogP contribution in [0.3, 0.4) is 0 Å². The number of rotatable bonds is 6. The Hall–Kier alpha value is -3.50. The first-order chi connectivity index (χ1) is 16.2. The summed E-state index contributed by atoms with van der Waals surface area (Å²) < 4.78 is 35.0. The number of aliphatic hydroxyl groups is 1. The molecular formula is C23H20ClF2N3O5. The average molecular weight is 492 g/mol. The van der Waals surface area contributed by atoms with E-state index in [2.05, 4.69) is 10.6 Å². The molecule has 0 aliphatic carbocycles. The molecule has 8 nitrogen and oxygen atoms in total. The standard InChI is InChI=1S/C23H20ClF2N3O5/c1-11-10-34-21-18(26)16(25)6-14-19(21)29(11)8-15(20(14)31)22(32)28-17(9-30)23(33)27-7-12-2-4-13(24)5-3-12/h2-6,8,11,17,30H,7,9-10H2,1H3,(H,27,33)(H,28,32)/t11?,17-/m0/s1. The van der Waals surface area contributed by atoms with Gasteiger partial charge in [0.2, 0.25) is 17.2 Å². The number of aliphatic hydroxyl groups excluding tert-OH is 1. The van der Waals surface area contributed by atoms with Crippen molar-refractivity contribution in [2.45, 2.75) is 25.6 Å². The molecule has 1 aromatic heterocycles. The van der Waals surface area contributed by atoms with Crippen LogP contribution in [0.25, 0.3) is 10.9 Å². The number of nitrogens with one attached hydrogen (secondary N) is 2. The lowest BCUT2D eigenvalue weighted by Crippen LogP contribution is -2.49. The van der Waals surface area contributed by atoms with Crippen LogP contribution in [0.4, 0.5) is 8.78 Å². The van der Waals surface area contributed by atoms with Crippen molar-refractivity contribution in [2.75, 3.05) is 13.2 Å². The predicted molar refractivity (Wildman–Crippen MR) is 120 cm³/mol. The number of benzene rings is 2. The van der Waals surface area contributed by atoms with Gasteiger partial charge in [-0.1, -0.05) is 23.7 Å². The number of ether oxygens (including phenoxy) is 1. The lowest BCUT2D eigenvalue weighted by atomic mass is 10.1. The summed E-state index contributed by atoms with van der Waals surface area (Å²) >= 11 is 5.83. The second-order valence-electron chi connectivity index (χ2n) is 7.89. The minimum atomic E-state index is -1.35. The highest BCUT2D eigenvalue weighted by Gasteiger charge is 2.29. The van der Waals surface area contributed by atoms with Crippen LogP contribution in [0.15, 0.2) is 41.3 Å². The molecule has 3 aromatic rings. The highest BCUT2D eigenvalue weighted by molar-refractivity contribution is 6.30. The largest absolute Gasteiger partial charge is 0.486 e. The maximum Gasteiger partial charge on any atom is 0.257 e. The Balaban J connectivity index is 1.60. The van der Waals surface area contributed by atoms with Crippen molar-refractivity contribution >= 4 is 34.3 Å². The lowest BCUT2D eigenvalue weighted by molar-refractivity contribution is -0.124. The predicted octanol–water partition coefficient (Wildman–Crippen LogP) is 2.29. The van der Waals surface area contributed by atoms with Gasteiger partial charge < -0.3 is 25.0 Å².